The maximum absolute atomic E-state index is 5.75. The zero-order valence-corrected chi connectivity index (χ0v) is 10.1. The van der Waals surface area contributed by atoms with Gasteiger partial charge in [-0.15, -0.1) is 0 Å². The van der Waals surface area contributed by atoms with E-state index < -0.39 is 0 Å². The molecule has 0 radical (unpaired) electrons. The van der Waals surface area contributed by atoms with E-state index >= 15 is 0 Å². The van der Waals surface area contributed by atoms with Crippen LogP contribution in [0, 0.1) is 6.92 Å². The number of hydrogen-bond donors (Lipinski definition) is 1. The van der Waals surface area contributed by atoms with Crippen LogP contribution in [0.15, 0.2) is 23.2 Å². The van der Waals surface area contributed by atoms with Gasteiger partial charge in [-0.1, -0.05) is 6.07 Å². The van der Waals surface area contributed by atoms with Crippen LogP contribution in [0.1, 0.15) is 5.56 Å². The van der Waals surface area contributed by atoms with Crippen LogP contribution in [0.2, 0.25) is 0 Å². The zero-order valence-electron chi connectivity index (χ0n) is 10.1. The van der Waals surface area contributed by atoms with Crippen molar-refractivity contribution in [1.29, 1.82) is 0 Å². The molecule has 0 aliphatic carbocycles. The summed E-state index contributed by atoms with van der Waals surface area (Å²) >= 11 is 0. The Morgan fingerprint density at radius 3 is 2.94 bits per heavy atom. The number of amidine groups is 1. The van der Waals surface area contributed by atoms with Gasteiger partial charge in [-0.2, -0.15) is 0 Å². The van der Waals surface area contributed by atoms with Crippen molar-refractivity contribution in [2.24, 2.45) is 4.99 Å². The molecular formula is C13H17N3O. The summed E-state index contributed by atoms with van der Waals surface area (Å²) in [5, 5.41) is 3.34. The lowest BCUT2D eigenvalue weighted by Crippen LogP contribution is -2.48. The van der Waals surface area contributed by atoms with Crippen molar-refractivity contribution in [3.8, 4) is 5.75 Å². The monoisotopic (exact) mass is 231 g/mol. The maximum atomic E-state index is 5.75. The molecule has 1 aromatic rings. The molecule has 0 atom stereocenters. The lowest BCUT2D eigenvalue weighted by Gasteiger charge is -2.32. The van der Waals surface area contributed by atoms with Crippen molar-refractivity contribution in [2.45, 2.75) is 6.92 Å². The number of aliphatic imine (C=N–C) groups is 1. The molecule has 3 rings (SSSR count). The minimum absolute atomic E-state index is 0.593. The molecule has 0 saturated carbocycles. The Kier molecular flexibility index (Phi) is 2.73. The fraction of sp³-hybridized carbons (Fsp3) is 0.462. The molecule has 17 heavy (non-hydrogen) atoms. The Hall–Kier alpha value is -1.55. The largest absolute Gasteiger partial charge is 0.483 e. The summed E-state index contributed by atoms with van der Waals surface area (Å²) in [6, 6.07) is 6.14. The summed E-state index contributed by atoms with van der Waals surface area (Å²) in [5.74, 6) is 1.96. The first kappa shape index (κ1) is 10.6. The summed E-state index contributed by atoms with van der Waals surface area (Å²) < 4.78 is 5.75. The van der Waals surface area contributed by atoms with E-state index in [1.54, 1.807) is 0 Å². The first-order chi connectivity index (χ1) is 8.33. The minimum Gasteiger partial charge on any atom is -0.483 e. The number of aryl methyl sites for hydroxylation is 1. The number of hydrogen-bond acceptors (Lipinski definition) is 4. The van der Waals surface area contributed by atoms with E-state index in [1.165, 1.54) is 5.56 Å². The normalized spacial score (nSPS) is 19.4. The molecule has 2 aliphatic heterocycles. The van der Waals surface area contributed by atoms with Gasteiger partial charge in [0.05, 0.1) is 0 Å². The fourth-order valence-corrected chi connectivity index (χ4v) is 2.24. The smallest absolute Gasteiger partial charge is 0.146 e. The van der Waals surface area contributed by atoms with Gasteiger partial charge in [-0.05, 0) is 24.6 Å². The lowest BCUT2D eigenvalue weighted by atomic mass is 10.2. The second-order valence-electron chi connectivity index (χ2n) is 4.52. The van der Waals surface area contributed by atoms with Crippen molar-refractivity contribution in [2.75, 3.05) is 32.8 Å². The predicted molar refractivity (Wildman–Crippen MR) is 68.2 cm³/mol. The standard InChI is InChI=1S/C13H17N3O/c1-10-2-3-12-11(8-10)15-13(9-17-12)16-6-4-14-5-7-16/h2-3,8,14H,4-7,9H2,1H3. The van der Waals surface area contributed by atoms with Crippen LogP contribution in [0.4, 0.5) is 5.69 Å². The second kappa shape index (κ2) is 4.37. The highest BCUT2D eigenvalue weighted by Gasteiger charge is 2.19. The Morgan fingerprint density at radius 1 is 1.29 bits per heavy atom. The lowest BCUT2D eigenvalue weighted by molar-refractivity contribution is 0.306. The molecule has 0 bridgehead atoms. The predicted octanol–water partition coefficient (Wildman–Crippen LogP) is 1.32. The number of nitrogens with one attached hydrogen (secondary N) is 1. The molecule has 4 heteroatoms. The summed E-state index contributed by atoms with van der Waals surface area (Å²) in [4.78, 5) is 7.03. The van der Waals surface area contributed by atoms with Crippen LogP contribution < -0.4 is 10.1 Å². The Morgan fingerprint density at radius 2 is 2.12 bits per heavy atom. The van der Waals surface area contributed by atoms with Gasteiger partial charge in [0, 0.05) is 26.2 Å². The van der Waals surface area contributed by atoms with Crippen molar-refractivity contribution in [3.63, 3.8) is 0 Å². The molecule has 0 spiro atoms. The van der Waals surface area contributed by atoms with Gasteiger partial charge in [-0.3, -0.25) is 0 Å². The molecule has 1 N–H and O–H groups in total. The molecule has 0 amide bonds. The SMILES string of the molecule is Cc1ccc2c(c1)N=C(N1CCNCC1)CO2. The van der Waals surface area contributed by atoms with Crippen molar-refractivity contribution in [3.05, 3.63) is 23.8 Å². The van der Waals surface area contributed by atoms with Crippen LogP contribution >= 0.6 is 0 Å². The van der Waals surface area contributed by atoms with Gasteiger partial charge in [-0.25, -0.2) is 4.99 Å². The van der Waals surface area contributed by atoms with E-state index in [0.29, 0.717) is 6.61 Å². The highest BCUT2D eigenvalue weighted by molar-refractivity contribution is 5.88. The third kappa shape index (κ3) is 2.13. The van der Waals surface area contributed by atoms with Crippen molar-refractivity contribution < 1.29 is 4.74 Å². The molecule has 1 saturated heterocycles. The van der Waals surface area contributed by atoms with Crippen LogP contribution in [0.5, 0.6) is 5.75 Å². The van der Waals surface area contributed by atoms with Crippen LogP contribution in [0.3, 0.4) is 0 Å². The van der Waals surface area contributed by atoms with E-state index in [4.69, 9.17) is 9.73 Å². The summed E-state index contributed by atoms with van der Waals surface area (Å²) in [5.41, 5.74) is 2.18. The zero-order chi connectivity index (χ0) is 11.7. The molecule has 1 fully saturated rings. The number of nitrogens with zero attached hydrogens (tertiary/aromatic N) is 2. The third-order valence-corrected chi connectivity index (χ3v) is 3.20. The van der Waals surface area contributed by atoms with Crippen molar-refractivity contribution >= 4 is 11.5 Å². The van der Waals surface area contributed by atoms with E-state index in [2.05, 4.69) is 29.3 Å². The van der Waals surface area contributed by atoms with Crippen LogP contribution in [0.25, 0.3) is 0 Å². The number of benzene rings is 1. The quantitative estimate of drug-likeness (QED) is 0.731. The second-order valence-corrected chi connectivity index (χ2v) is 4.52. The first-order valence-corrected chi connectivity index (χ1v) is 6.09. The molecular weight excluding hydrogens is 214 g/mol. The maximum Gasteiger partial charge on any atom is 0.146 e. The van der Waals surface area contributed by atoms with Gasteiger partial charge in [0.1, 0.15) is 23.9 Å². The summed E-state index contributed by atoms with van der Waals surface area (Å²) in [7, 11) is 0. The third-order valence-electron chi connectivity index (χ3n) is 3.20. The van der Waals surface area contributed by atoms with Crippen molar-refractivity contribution in [1.82, 2.24) is 10.2 Å². The number of fused-ring (bicyclic) bond motifs is 1. The topological polar surface area (TPSA) is 36.9 Å². The average molecular weight is 231 g/mol. The Bertz CT molecular complexity index is 450. The Labute approximate surface area is 101 Å². The summed E-state index contributed by atoms with van der Waals surface area (Å²) in [6.45, 7) is 6.76. The molecule has 1 aromatic carbocycles. The van der Waals surface area contributed by atoms with Gasteiger partial charge in [0.2, 0.25) is 0 Å². The van der Waals surface area contributed by atoms with Gasteiger partial charge >= 0.3 is 0 Å². The van der Waals surface area contributed by atoms with Gasteiger partial charge < -0.3 is 15.0 Å². The van der Waals surface area contributed by atoms with Crippen LogP contribution in [-0.2, 0) is 0 Å². The van der Waals surface area contributed by atoms with E-state index in [9.17, 15) is 0 Å². The molecule has 4 nitrogen and oxygen atoms in total. The number of ether oxygens (including phenoxy) is 1. The highest BCUT2D eigenvalue weighted by Crippen LogP contribution is 2.31. The minimum atomic E-state index is 0.593. The van der Waals surface area contributed by atoms with E-state index in [-0.39, 0.29) is 0 Å². The average Bonchev–Trinajstić information content (AvgIpc) is 2.39. The number of rotatable bonds is 0. The van der Waals surface area contributed by atoms with E-state index in [0.717, 1.165) is 43.5 Å². The van der Waals surface area contributed by atoms with E-state index in [1.807, 2.05) is 6.07 Å². The molecule has 0 aromatic heterocycles. The Balaban J connectivity index is 1.87. The molecule has 2 aliphatic rings. The first-order valence-electron chi connectivity index (χ1n) is 6.09. The number of piperazine rings is 1. The molecule has 2 heterocycles. The van der Waals surface area contributed by atoms with Gasteiger partial charge in [0.15, 0.2) is 0 Å². The molecule has 0 unspecified atom stereocenters. The summed E-state index contributed by atoms with van der Waals surface area (Å²) in [6.07, 6.45) is 0. The van der Waals surface area contributed by atoms with Crippen LogP contribution in [-0.4, -0.2) is 43.5 Å². The highest BCUT2D eigenvalue weighted by atomic mass is 16.5. The fourth-order valence-electron chi connectivity index (χ4n) is 2.24. The van der Waals surface area contributed by atoms with Gasteiger partial charge in [0.25, 0.3) is 0 Å². The molecule has 90 valence electrons.